The second-order valence-corrected chi connectivity index (χ2v) is 4.92. The zero-order valence-electron chi connectivity index (χ0n) is 11.8. The maximum atomic E-state index is 12.0. The van der Waals surface area contributed by atoms with Gasteiger partial charge in [-0.1, -0.05) is 48.5 Å². The van der Waals surface area contributed by atoms with Crippen molar-refractivity contribution in [2.45, 2.75) is 6.42 Å². The number of ketones is 1. The molecule has 3 rings (SSSR count). The molecule has 0 unspecified atom stereocenters. The molecule has 0 aliphatic heterocycles. The third-order valence-electron chi connectivity index (χ3n) is 3.27. The van der Waals surface area contributed by atoms with Gasteiger partial charge in [-0.25, -0.2) is 4.98 Å². The molecule has 0 amide bonds. The topological polar surface area (TPSA) is 62.8 Å². The Kier molecular flexibility index (Phi) is 3.92. The van der Waals surface area contributed by atoms with E-state index in [1.54, 1.807) is 18.2 Å². The number of allylic oxidation sites excluding steroid dienone is 1. The van der Waals surface area contributed by atoms with Crippen molar-refractivity contribution < 1.29 is 4.79 Å². The van der Waals surface area contributed by atoms with Crippen molar-refractivity contribution in [3.63, 3.8) is 0 Å². The molecule has 0 bridgehead atoms. The van der Waals surface area contributed by atoms with Crippen molar-refractivity contribution in [3.8, 4) is 0 Å². The number of rotatable bonds is 4. The quantitative estimate of drug-likeness (QED) is 0.751. The lowest BCUT2D eigenvalue weighted by Crippen LogP contribution is -2.18. The maximum absolute atomic E-state index is 12.0. The molecule has 0 aliphatic carbocycles. The van der Waals surface area contributed by atoms with E-state index in [1.807, 2.05) is 42.5 Å². The van der Waals surface area contributed by atoms with E-state index >= 15 is 0 Å². The van der Waals surface area contributed by atoms with Gasteiger partial charge in [0, 0.05) is 0 Å². The molecule has 0 atom stereocenters. The summed E-state index contributed by atoms with van der Waals surface area (Å²) in [5, 5.41) is 0. The van der Waals surface area contributed by atoms with Crippen LogP contribution >= 0.6 is 0 Å². The van der Waals surface area contributed by atoms with Crippen LogP contribution in [0.1, 0.15) is 11.3 Å². The van der Waals surface area contributed by atoms with Crippen molar-refractivity contribution in [3.05, 3.63) is 82.3 Å². The molecule has 4 heteroatoms. The molecule has 0 aliphatic rings. The molecular formula is C18H14N2O2. The molecule has 0 radical (unpaired) electrons. The minimum Gasteiger partial charge on any atom is -0.319 e. The monoisotopic (exact) mass is 290 g/mol. The zero-order chi connectivity index (χ0) is 15.4. The highest BCUT2D eigenvalue weighted by molar-refractivity contribution is 5.95. The van der Waals surface area contributed by atoms with Gasteiger partial charge in [-0.2, -0.15) is 0 Å². The standard InChI is InChI=1S/C18H14N2O2/c21-14(11-10-13-6-2-1-3-7-13)12-17-18(22)20-16-9-5-4-8-15(16)19-17/h1-11H,12H2,(H,20,22)/b11-10+. The highest BCUT2D eigenvalue weighted by Gasteiger charge is 2.08. The number of nitrogens with zero attached hydrogens (tertiary/aromatic N) is 1. The Bertz CT molecular complexity index is 896. The smallest absolute Gasteiger partial charge is 0.270 e. The van der Waals surface area contributed by atoms with Crippen molar-refractivity contribution in [2.24, 2.45) is 0 Å². The molecule has 1 aromatic heterocycles. The fourth-order valence-electron chi connectivity index (χ4n) is 2.16. The Morgan fingerprint density at radius 1 is 1.05 bits per heavy atom. The fraction of sp³-hybridized carbons (Fsp3) is 0.0556. The van der Waals surface area contributed by atoms with Crippen LogP contribution in [0.5, 0.6) is 0 Å². The summed E-state index contributed by atoms with van der Waals surface area (Å²) in [7, 11) is 0. The van der Waals surface area contributed by atoms with E-state index in [1.165, 1.54) is 6.08 Å². The lowest BCUT2D eigenvalue weighted by Gasteiger charge is -2.00. The van der Waals surface area contributed by atoms with Gasteiger partial charge in [-0.15, -0.1) is 0 Å². The molecule has 22 heavy (non-hydrogen) atoms. The average molecular weight is 290 g/mol. The normalized spacial score (nSPS) is 11.1. The average Bonchev–Trinajstić information content (AvgIpc) is 2.55. The van der Waals surface area contributed by atoms with Crippen molar-refractivity contribution >= 4 is 22.9 Å². The van der Waals surface area contributed by atoms with E-state index in [0.29, 0.717) is 11.0 Å². The molecular weight excluding hydrogens is 276 g/mol. The molecule has 4 nitrogen and oxygen atoms in total. The van der Waals surface area contributed by atoms with Gasteiger partial charge in [0.05, 0.1) is 17.5 Å². The number of aromatic nitrogens is 2. The van der Waals surface area contributed by atoms with Gasteiger partial charge in [-0.05, 0) is 23.8 Å². The van der Waals surface area contributed by atoms with Crippen LogP contribution in [0.4, 0.5) is 0 Å². The third kappa shape index (κ3) is 3.17. The summed E-state index contributed by atoms with van der Waals surface area (Å²) in [6.45, 7) is 0. The summed E-state index contributed by atoms with van der Waals surface area (Å²) in [4.78, 5) is 31.0. The predicted molar refractivity (Wildman–Crippen MR) is 86.6 cm³/mol. The van der Waals surface area contributed by atoms with Crippen LogP contribution in [0.3, 0.4) is 0 Å². The van der Waals surface area contributed by atoms with Crippen LogP contribution in [-0.4, -0.2) is 15.8 Å². The van der Waals surface area contributed by atoms with Crippen LogP contribution in [0, 0.1) is 0 Å². The van der Waals surface area contributed by atoms with Crippen molar-refractivity contribution in [1.82, 2.24) is 9.97 Å². The molecule has 0 fully saturated rings. The molecule has 0 saturated heterocycles. The van der Waals surface area contributed by atoms with Gasteiger partial charge in [-0.3, -0.25) is 9.59 Å². The van der Waals surface area contributed by atoms with Crippen molar-refractivity contribution in [1.29, 1.82) is 0 Å². The van der Waals surface area contributed by atoms with E-state index in [0.717, 1.165) is 5.56 Å². The molecule has 108 valence electrons. The second-order valence-electron chi connectivity index (χ2n) is 4.92. The number of para-hydroxylation sites is 2. The molecule has 1 N–H and O–H groups in total. The SMILES string of the molecule is O=C(/C=C/c1ccccc1)Cc1nc2ccccc2[nH]c1=O. The van der Waals surface area contributed by atoms with E-state index in [-0.39, 0.29) is 23.5 Å². The fourth-order valence-corrected chi connectivity index (χ4v) is 2.16. The molecule has 2 aromatic carbocycles. The van der Waals surface area contributed by atoms with E-state index in [2.05, 4.69) is 9.97 Å². The van der Waals surface area contributed by atoms with Gasteiger partial charge in [0.15, 0.2) is 5.78 Å². The maximum Gasteiger partial charge on any atom is 0.270 e. The van der Waals surface area contributed by atoms with E-state index in [4.69, 9.17) is 0 Å². The first-order valence-electron chi connectivity index (χ1n) is 6.96. The summed E-state index contributed by atoms with van der Waals surface area (Å²) in [5.41, 5.74) is 2.21. The Morgan fingerprint density at radius 3 is 2.59 bits per heavy atom. The number of benzene rings is 2. The minimum atomic E-state index is -0.319. The lowest BCUT2D eigenvalue weighted by atomic mass is 10.1. The number of H-pyrrole nitrogens is 1. The van der Waals surface area contributed by atoms with Crippen LogP contribution in [0.2, 0.25) is 0 Å². The summed E-state index contributed by atoms with van der Waals surface area (Å²) < 4.78 is 0. The number of carbonyl (C=O) groups is 1. The molecule has 0 spiro atoms. The number of carbonyl (C=O) groups excluding carboxylic acids is 1. The number of aromatic amines is 1. The van der Waals surface area contributed by atoms with Crippen molar-refractivity contribution in [2.75, 3.05) is 0 Å². The number of fused-ring (bicyclic) bond motifs is 1. The zero-order valence-corrected chi connectivity index (χ0v) is 11.8. The first-order valence-corrected chi connectivity index (χ1v) is 6.96. The minimum absolute atomic E-state index is 0.0104. The first kappa shape index (κ1) is 13.9. The molecule has 0 saturated carbocycles. The Morgan fingerprint density at radius 2 is 1.77 bits per heavy atom. The molecule has 3 aromatic rings. The van der Waals surface area contributed by atoms with E-state index < -0.39 is 0 Å². The lowest BCUT2D eigenvalue weighted by molar-refractivity contribution is -0.114. The second kappa shape index (κ2) is 6.18. The van der Waals surface area contributed by atoms with Gasteiger partial charge in [0.25, 0.3) is 5.56 Å². The van der Waals surface area contributed by atoms with Crippen LogP contribution in [-0.2, 0) is 11.2 Å². The first-order chi connectivity index (χ1) is 10.7. The van der Waals surface area contributed by atoms with Gasteiger partial charge < -0.3 is 4.98 Å². The highest BCUT2D eigenvalue weighted by atomic mass is 16.1. The summed E-state index contributed by atoms with van der Waals surface area (Å²) in [6.07, 6.45) is 3.20. The number of hydrogen-bond donors (Lipinski definition) is 1. The van der Waals surface area contributed by atoms with Crippen LogP contribution < -0.4 is 5.56 Å². The highest BCUT2D eigenvalue weighted by Crippen LogP contribution is 2.07. The summed E-state index contributed by atoms with van der Waals surface area (Å²) in [6, 6.07) is 16.8. The Hall–Kier alpha value is -3.01. The van der Waals surface area contributed by atoms with E-state index in [9.17, 15) is 9.59 Å². The summed E-state index contributed by atoms with van der Waals surface area (Å²) in [5.74, 6) is -0.155. The third-order valence-corrected chi connectivity index (χ3v) is 3.27. The van der Waals surface area contributed by atoms with Gasteiger partial charge in [0.1, 0.15) is 5.69 Å². The number of hydrogen-bond acceptors (Lipinski definition) is 3. The Labute approximate surface area is 127 Å². The summed E-state index contributed by atoms with van der Waals surface area (Å²) >= 11 is 0. The van der Waals surface area contributed by atoms with Gasteiger partial charge >= 0.3 is 0 Å². The predicted octanol–water partition coefficient (Wildman–Crippen LogP) is 2.75. The van der Waals surface area contributed by atoms with Gasteiger partial charge in [0.2, 0.25) is 0 Å². The molecule has 1 heterocycles. The Balaban J connectivity index is 1.81. The number of nitrogens with one attached hydrogen (secondary N) is 1. The van der Waals surface area contributed by atoms with Crippen LogP contribution in [0.15, 0.2) is 65.5 Å². The largest absolute Gasteiger partial charge is 0.319 e. The van der Waals surface area contributed by atoms with Crippen LogP contribution in [0.25, 0.3) is 17.1 Å².